The first-order valence-electron chi connectivity index (χ1n) is 2.06. The molecule has 1 aromatic heterocycles. The van der Waals surface area contributed by atoms with E-state index in [1.807, 2.05) is 0 Å². The zero-order chi connectivity index (χ0) is 5.98. The summed E-state index contributed by atoms with van der Waals surface area (Å²) in [6.07, 6.45) is 2.84. The van der Waals surface area contributed by atoms with Crippen LogP contribution >= 0.6 is 15.9 Å². The molecule has 1 heterocycles. The van der Waals surface area contributed by atoms with Gasteiger partial charge in [-0.25, -0.2) is 0 Å². The minimum absolute atomic E-state index is 0.0700. The van der Waals surface area contributed by atoms with Gasteiger partial charge in [-0.3, -0.25) is 10.1 Å². The third kappa shape index (κ3) is 1.20. The van der Waals surface area contributed by atoms with Crippen LogP contribution in [-0.2, 0) is 5.11 Å². The lowest BCUT2D eigenvalue weighted by Crippen LogP contribution is -1.67. The predicted molar refractivity (Wildman–Crippen MR) is 32.1 cm³/mol. The van der Waals surface area contributed by atoms with Crippen LogP contribution in [0.1, 0.15) is 0 Å². The van der Waals surface area contributed by atoms with Crippen molar-refractivity contribution < 1.29 is 5.11 Å². The Bertz CT molecular complexity index is 172. The van der Waals surface area contributed by atoms with Crippen LogP contribution in [0.2, 0.25) is 0 Å². The summed E-state index contributed by atoms with van der Waals surface area (Å²) in [5.74, 6) is -0.0700. The minimum Gasteiger partial charge on any atom is -0.288 e. The molecule has 41 valence electrons. The van der Waals surface area contributed by atoms with Gasteiger partial charge in [0.25, 0.3) is 0 Å². The zero-order valence-electron chi connectivity index (χ0n) is 3.97. The highest BCUT2D eigenvalue weighted by Crippen LogP contribution is 2.13. The largest absolute Gasteiger partial charge is 0.288 e. The molecular formula is C5H3BrNO. The fourth-order valence-electron chi connectivity index (χ4n) is 0.392. The Labute approximate surface area is 55.3 Å². The molecule has 0 amide bonds. The second-order valence-electron chi connectivity index (χ2n) is 1.34. The maximum absolute atomic E-state index is 10.4. The van der Waals surface area contributed by atoms with E-state index in [1.165, 1.54) is 12.3 Å². The summed E-state index contributed by atoms with van der Waals surface area (Å²) in [6.45, 7) is 0. The van der Waals surface area contributed by atoms with E-state index < -0.39 is 0 Å². The van der Waals surface area contributed by atoms with Crippen molar-refractivity contribution in [2.45, 2.75) is 0 Å². The molecule has 8 heavy (non-hydrogen) atoms. The molecule has 0 fully saturated rings. The number of pyridine rings is 1. The average molecular weight is 173 g/mol. The molecule has 0 unspecified atom stereocenters. The van der Waals surface area contributed by atoms with E-state index in [1.54, 1.807) is 6.20 Å². The van der Waals surface area contributed by atoms with Crippen LogP contribution in [0.4, 0.5) is 0 Å². The van der Waals surface area contributed by atoms with Gasteiger partial charge in [0.05, 0.1) is 6.20 Å². The van der Waals surface area contributed by atoms with Gasteiger partial charge in [0.15, 0.2) is 5.75 Å². The molecule has 1 rings (SSSR count). The van der Waals surface area contributed by atoms with Crippen molar-refractivity contribution in [2.75, 3.05) is 0 Å². The van der Waals surface area contributed by atoms with E-state index in [9.17, 15) is 5.11 Å². The summed E-state index contributed by atoms with van der Waals surface area (Å²) in [4.78, 5) is 3.62. The van der Waals surface area contributed by atoms with Gasteiger partial charge in [0, 0.05) is 16.7 Å². The van der Waals surface area contributed by atoms with Crippen LogP contribution in [0, 0.1) is 0 Å². The average Bonchev–Trinajstić information content (AvgIpc) is 1.64. The first-order chi connectivity index (χ1) is 3.79. The van der Waals surface area contributed by atoms with Gasteiger partial charge in [-0.15, -0.1) is 0 Å². The maximum Gasteiger partial charge on any atom is 0.197 e. The quantitative estimate of drug-likeness (QED) is 0.590. The minimum atomic E-state index is -0.0700. The number of aromatic nitrogens is 1. The zero-order valence-corrected chi connectivity index (χ0v) is 5.55. The van der Waals surface area contributed by atoms with Gasteiger partial charge in [0.2, 0.25) is 0 Å². The Balaban J connectivity index is 3.08. The number of hydrogen-bond donors (Lipinski definition) is 0. The molecule has 0 bridgehead atoms. The third-order valence-electron chi connectivity index (χ3n) is 0.680. The lowest BCUT2D eigenvalue weighted by Gasteiger charge is -1.84. The van der Waals surface area contributed by atoms with E-state index in [0.717, 1.165) is 4.47 Å². The third-order valence-corrected chi connectivity index (χ3v) is 1.11. The van der Waals surface area contributed by atoms with Crippen molar-refractivity contribution in [3.05, 3.63) is 22.9 Å². The Kier molecular flexibility index (Phi) is 1.48. The van der Waals surface area contributed by atoms with Crippen LogP contribution < -0.4 is 0 Å². The fourth-order valence-corrected chi connectivity index (χ4v) is 0.736. The number of rotatable bonds is 0. The van der Waals surface area contributed by atoms with E-state index in [4.69, 9.17) is 0 Å². The lowest BCUT2D eigenvalue weighted by atomic mass is 10.5. The maximum atomic E-state index is 10.4. The summed E-state index contributed by atoms with van der Waals surface area (Å²) in [5, 5.41) is 10.4. The number of hydrogen-bond acceptors (Lipinski definition) is 1. The second kappa shape index (κ2) is 2.13. The van der Waals surface area contributed by atoms with Crippen LogP contribution in [-0.4, -0.2) is 4.98 Å². The highest BCUT2D eigenvalue weighted by molar-refractivity contribution is 9.10. The fraction of sp³-hybridized carbons (Fsp3) is 0. The van der Waals surface area contributed by atoms with Crippen LogP contribution in [0.25, 0.3) is 0 Å². The van der Waals surface area contributed by atoms with Gasteiger partial charge in [-0.2, -0.15) is 0 Å². The van der Waals surface area contributed by atoms with E-state index in [0.29, 0.717) is 0 Å². The first kappa shape index (κ1) is 5.56. The summed E-state index contributed by atoms with van der Waals surface area (Å²) >= 11 is 3.10. The molecule has 0 atom stereocenters. The smallest absolute Gasteiger partial charge is 0.197 e. The summed E-state index contributed by atoms with van der Waals surface area (Å²) < 4.78 is 0.727. The molecule has 3 heteroatoms. The molecule has 0 spiro atoms. The molecule has 0 aliphatic heterocycles. The lowest BCUT2D eigenvalue weighted by molar-refractivity contribution is 0.352. The standard InChI is InChI=1S/C5H3BrNO/c6-4-1-5(8)3-7-2-4/h1-3H. The second-order valence-corrected chi connectivity index (χ2v) is 2.25. The van der Waals surface area contributed by atoms with Crippen LogP contribution in [0.15, 0.2) is 22.9 Å². The van der Waals surface area contributed by atoms with Crippen LogP contribution in [0.5, 0.6) is 5.75 Å². The number of halogens is 1. The summed E-state index contributed by atoms with van der Waals surface area (Å²) in [7, 11) is 0. The van der Waals surface area contributed by atoms with Crippen molar-refractivity contribution in [2.24, 2.45) is 0 Å². The molecule has 1 radical (unpaired) electrons. The van der Waals surface area contributed by atoms with Crippen LogP contribution in [0.3, 0.4) is 0 Å². The Morgan fingerprint density at radius 1 is 1.50 bits per heavy atom. The summed E-state index contributed by atoms with van der Waals surface area (Å²) in [6, 6.07) is 1.47. The van der Waals surface area contributed by atoms with Crippen molar-refractivity contribution in [1.82, 2.24) is 4.98 Å². The molecule has 2 nitrogen and oxygen atoms in total. The molecule has 1 aromatic rings. The molecule has 0 saturated heterocycles. The molecule has 0 aliphatic carbocycles. The molecular weight excluding hydrogens is 170 g/mol. The highest BCUT2D eigenvalue weighted by Gasteiger charge is 1.88. The SMILES string of the molecule is [O]c1cncc(Br)c1. The van der Waals surface area contributed by atoms with E-state index in [-0.39, 0.29) is 5.75 Å². The van der Waals surface area contributed by atoms with Gasteiger partial charge >= 0.3 is 0 Å². The van der Waals surface area contributed by atoms with Crippen molar-refractivity contribution >= 4 is 15.9 Å². The van der Waals surface area contributed by atoms with Crippen molar-refractivity contribution in [1.29, 1.82) is 0 Å². The van der Waals surface area contributed by atoms with E-state index >= 15 is 0 Å². The van der Waals surface area contributed by atoms with Gasteiger partial charge in [-0.1, -0.05) is 0 Å². The normalized spacial score (nSPS) is 9.12. The van der Waals surface area contributed by atoms with E-state index in [2.05, 4.69) is 20.9 Å². The Morgan fingerprint density at radius 3 is 2.62 bits per heavy atom. The predicted octanol–water partition coefficient (Wildman–Crippen LogP) is 1.99. The Hall–Kier alpha value is -0.570. The topological polar surface area (TPSA) is 32.8 Å². The first-order valence-corrected chi connectivity index (χ1v) is 2.86. The van der Waals surface area contributed by atoms with Gasteiger partial charge in [-0.05, 0) is 15.9 Å². The molecule has 0 N–H and O–H groups in total. The van der Waals surface area contributed by atoms with Crippen molar-refractivity contribution in [3.63, 3.8) is 0 Å². The summed E-state index contributed by atoms with van der Waals surface area (Å²) in [5.41, 5.74) is 0. The van der Waals surface area contributed by atoms with Crippen molar-refractivity contribution in [3.8, 4) is 5.75 Å². The van der Waals surface area contributed by atoms with Gasteiger partial charge in [0.1, 0.15) is 0 Å². The Morgan fingerprint density at radius 2 is 2.25 bits per heavy atom. The monoisotopic (exact) mass is 172 g/mol. The highest BCUT2D eigenvalue weighted by atomic mass is 79.9. The number of nitrogens with zero attached hydrogens (tertiary/aromatic N) is 1. The van der Waals surface area contributed by atoms with Gasteiger partial charge < -0.3 is 0 Å². The molecule has 0 aromatic carbocycles. The molecule has 0 aliphatic rings. The molecule has 0 saturated carbocycles.